The van der Waals surface area contributed by atoms with Crippen LogP contribution in [-0.2, 0) is 11.3 Å². The van der Waals surface area contributed by atoms with Gasteiger partial charge in [0, 0.05) is 13.0 Å². The second-order valence-corrected chi connectivity index (χ2v) is 5.47. The van der Waals surface area contributed by atoms with Gasteiger partial charge in [-0.25, -0.2) is 0 Å². The van der Waals surface area contributed by atoms with Crippen molar-refractivity contribution >= 4 is 5.91 Å². The third kappa shape index (κ3) is 4.15. The smallest absolute Gasteiger partial charge is 0.220 e. The monoisotopic (exact) mass is 277 g/mol. The minimum Gasteiger partial charge on any atom is -0.504 e. The topological polar surface area (TPSA) is 58.6 Å². The van der Waals surface area contributed by atoms with E-state index in [1.807, 2.05) is 0 Å². The van der Waals surface area contributed by atoms with Crippen LogP contribution in [0.5, 0.6) is 11.5 Å². The molecule has 2 rings (SSSR count). The first-order valence-corrected chi connectivity index (χ1v) is 7.31. The average Bonchev–Trinajstić information content (AvgIpc) is 2.40. The largest absolute Gasteiger partial charge is 0.504 e. The third-order valence-corrected chi connectivity index (χ3v) is 3.97. The van der Waals surface area contributed by atoms with E-state index in [-0.39, 0.29) is 11.7 Å². The lowest BCUT2D eigenvalue weighted by Gasteiger charge is -2.24. The number of phenols is 1. The molecule has 20 heavy (non-hydrogen) atoms. The van der Waals surface area contributed by atoms with Gasteiger partial charge in [-0.15, -0.1) is 0 Å². The number of amides is 1. The zero-order valence-electron chi connectivity index (χ0n) is 12.0. The molecule has 1 amide bonds. The molecule has 1 aliphatic carbocycles. The predicted molar refractivity (Wildman–Crippen MR) is 77.7 cm³/mol. The normalized spacial score (nSPS) is 14.7. The third-order valence-electron chi connectivity index (χ3n) is 3.97. The minimum atomic E-state index is 0.0939. The van der Waals surface area contributed by atoms with Crippen LogP contribution < -0.4 is 10.1 Å². The van der Waals surface area contributed by atoms with Gasteiger partial charge in [-0.3, -0.25) is 4.79 Å². The second-order valence-electron chi connectivity index (χ2n) is 5.47. The molecule has 1 saturated carbocycles. The van der Waals surface area contributed by atoms with E-state index in [0.29, 0.717) is 18.7 Å². The van der Waals surface area contributed by atoms with Crippen LogP contribution in [0.15, 0.2) is 18.2 Å². The van der Waals surface area contributed by atoms with Crippen LogP contribution in [0.25, 0.3) is 0 Å². The van der Waals surface area contributed by atoms with Crippen molar-refractivity contribution in [1.82, 2.24) is 5.32 Å². The fourth-order valence-electron chi connectivity index (χ4n) is 2.45. The highest BCUT2D eigenvalue weighted by molar-refractivity contribution is 5.75. The van der Waals surface area contributed by atoms with Crippen molar-refractivity contribution in [2.75, 3.05) is 7.11 Å². The summed E-state index contributed by atoms with van der Waals surface area (Å²) >= 11 is 0. The summed E-state index contributed by atoms with van der Waals surface area (Å²) in [5.41, 5.74) is 0.923. The lowest BCUT2D eigenvalue weighted by Crippen LogP contribution is -2.22. The molecule has 0 saturated heterocycles. The molecule has 0 heterocycles. The van der Waals surface area contributed by atoms with Crippen LogP contribution in [-0.4, -0.2) is 18.1 Å². The first kappa shape index (κ1) is 14.7. The molecule has 4 nitrogen and oxygen atoms in total. The molecule has 0 atom stereocenters. The number of aromatic hydroxyl groups is 1. The Labute approximate surface area is 120 Å². The highest BCUT2D eigenvalue weighted by Crippen LogP contribution is 2.30. The number of ether oxygens (including phenoxy) is 1. The van der Waals surface area contributed by atoms with E-state index < -0.39 is 0 Å². The highest BCUT2D eigenvalue weighted by Gasteiger charge is 2.16. The van der Waals surface area contributed by atoms with Crippen LogP contribution in [0.1, 0.15) is 44.1 Å². The number of hydrogen-bond acceptors (Lipinski definition) is 3. The van der Waals surface area contributed by atoms with E-state index in [0.717, 1.165) is 17.9 Å². The first-order chi connectivity index (χ1) is 9.69. The highest BCUT2D eigenvalue weighted by atomic mass is 16.5. The summed E-state index contributed by atoms with van der Waals surface area (Å²) < 4.78 is 5.04. The Morgan fingerprint density at radius 3 is 2.90 bits per heavy atom. The predicted octanol–water partition coefficient (Wildman–Crippen LogP) is 2.99. The van der Waals surface area contributed by atoms with E-state index in [1.165, 1.54) is 32.8 Å². The summed E-state index contributed by atoms with van der Waals surface area (Å²) in [6, 6.07) is 5.10. The first-order valence-electron chi connectivity index (χ1n) is 7.31. The van der Waals surface area contributed by atoms with E-state index >= 15 is 0 Å². The minimum absolute atomic E-state index is 0.0939. The Morgan fingerprint density at radius 1 is 1.45 bits per heavy atom. The molecule has 4 heteroatoms. The van der Waals surface area contributed by atoms with Gasteiger partial charge >= 0.3 is 0 Å². The number of nitrogens with one attached hydrogen (secondary N) is 1. The molecule has 2 N–H and O–H groups in total. The maximum absolute atomic E-state index is 11.7. The van der Waals surface area contributed by atoms with E-state index in [4.69, 9.17) is 4.74 Å². The van der Waals surface area contributed by atoms with Crippen molar-refractivity contribution < 1.29 is 14.6 Å². The lowest BCUT2D eigenvalue weighted by molar-refractivity contribution is -0.121. The molecule has 1 aromatic rings. The Balaban J connectivity index is 1.69. The zero-order chi connectivity index (χ0) is 14.4. The number of carbonyl (C=O) groups excluding carboxylic acids is 1. The number of carbonyl (C=O) groups is 1. The van der Waals surface area contributed by atoms with Gasteiger partial charge in [0.05, 0.1) is 7.11 Å². The molecule has 110 valence electrons. The quantitative estimate of drug-likeness (QED) is 0.805. The van der Waals surface area contributed by atoms with E-state index in [9.17, 15) is 9.90 Å². The molecule has 0 unspecified atom stereocenters. The van der Waals surface area contributed by atoms with E-state index in [2.05, 4.69) is 5.32 Å². The fraction of sp³-hybridized carbons (Fsp3) is 0.562. The zero-order valence-corrected chi connectivity index (χ0v) is 12.0. The lowest BCUT2D eigenvalue weighted by atomic mass is 9.82. The molecular weight excluding hydrogens is 254 g/mol. The number of phenolic OH excluding ortho intramolecular Hbond substituents is 1. The second kappa shape index (κ2) is 7.17. The molecule has 0 spiro atoms. The Morgan fingerprint density at radius 2 is 2.25 bits per heavy atom. The molecule has 0 bridgehead atoms. The van der Waals surface area contributed by atoms with Gasteiger partial charge in [-0.1, -0.05) is 25.3 Å². The molecule has 0 radical (unpaired) electrons. The van der Waals surface area contributed by atoms with Crippen LogP contribution >= 0.6 is 0 Å². The number of methoxy groups -OCH3 is 1. The van der Waals surface area contributed by atoms with Gasteiger partial charge in [0.15, 0.2) is 11.5 Å². The van der Waals surface area contributed by atoms with Crippen molar-refractivity contribution in [1.29, 1.82) is 0 Å². The van der Waals surface area contributed by atoms with Gasteiger partial charge < -0.3 is 15.2 Å². The summed E-state index contributed by atoms with van der Waals surface area (Å²) in [5, 5.41) is 12.4. The fourth-order valence-corrected chi connectivity index (χ4v) is 2.45. The summed E-state index contributed by atoms with van der Waals surface area (Å²) in [4.78, 5) is 11.7. The summed E-state index contributed by atoms with van der Waals surface area (Å²) in [6.45, 7) is 0.471. The van der Waals surface area contributed by atoms with Crippen LogP contribution in [0, 0.1) is 5.92 Å². The van der Waals surface area contributed by atoms with Gasteiger partial charge in [-0.05, 0) is 36.5 Å². The molecule has 0 aliphatic heterocycles. The molecule has 1 fully saturated rings. The summed E-state index contributed by atoms with van der Waals surface area (Å²) in [5.74, 6) is 1.50. The van der Waals surface area contributed by atoms with Crippen LogP contribution in [0.4, 0.5) is 0 Å². The maximum atomic E-state index is 11.7. The number of benzene rings is 1. The Hall–Kier alpha value is -1.71. The standard InChI is InChI=1S/C16H23NO3/c1-20-15-10-13(8-9-14(15)18)11-17-16(19)7-3-6-12-4-2-5-12/h8-10,12,18H,2-7,11H2,1H3,(H,17,19). The molecule has 0 aromatic heterocycles. The van der Waals surface area contributed by atoms with Gasteiger partial charge in [0.1, 0.15) is 0 Å². The van der Waals surface area contributed by atoms with Crippen molar-refractivity contribution in [2.24, 2.45) is 5.92 Å². The average molecular weight is 277 g/mol. The van der Waals surface area contributed by atoms with Gasteiger partial charge in [0.2, 0.25) is 5.91 Å². The SMILES string of the molecule is COc1cc(CNC(=O)CCCC2CCC2)ccc1O. The molecular formula is C16H23NO3. The number of rotatable bonds is 7. The van der Waals surface area contributed by atoms with Gasteiger partial charge in [-0.2, -0.15) is 0 Å². The van der Waals surface area contributed by atoms with Crippen molar-refractivity contribution in [3.63, 3.8) is 0 Å². The Kier molecular flexibility index (Phi) is 5.27. The van der Waals surface area contributed by atoms with Crippen LogP contribution in [0.2, 0.25) is 0 Å². The van der Waals surface area contributed by atoms with Crippen molar-refractivity contribution in [3.8, 4) is 11.5 Å². The molecule has 1 aromatic carbocycles. The summed E-state index contributed by atoms with van der Waals surface area (Å²) in [6.07, 6.45) is 6.81. The number of hydrogen-bond donors (Lipinski definition) is 2. The Bertz CT molecular complexity index is 455. The van der Waals surface area contributed by atoms with Crippen LogP contribution in [0.3, 0.4) is 0 Å². The van der Waals surface area contributed by atoms with Crippen molar-refractivity contribution in [2.45, 2.75) is 45.1 Å². The maximum Gasteiger partial charge on any atom is 0.220 e. The summed E-state index contributed by atoms with van der Waals surface area (Å²) in [7, 11) is 1.51. The van der Waals surface area contributed by atoms with E-state index in [1.54, 1.807) is 18.2 Å². The van der Waals surface area contributed by atoms with Gasteiger partial charge in [0.25, 0.3) is 0 Å². The van der Waals surface area contributed by atoms with Crippen molar-refractivity contribution in [3.05, 3.63) is 23.8 Å². The molecule has 1 aliphatic rings.